The molecule has 0 spiro atoms. The first-order valence-electron chi connectivity index (χ1n) is 8.10. The summed E-state index contributed by atoms with van der Waals surface area (Å²) < 4.78 is 6.34. The van der Waals surface area contributed by atoms with Crippen molar-refractivity contribution in [3.63, 3.8) is 0 Å². The highest BCUT2D eigenvalue weighted by Gasteiger charge is 2.37. The van der Waals surface area contributed by atoms with E-state index in [0.717, 1.165) is 18.4 Å². The van der Waals surface area contributed by atoms with E-state index < -0.39 is 13.9 Å². The van der Waals surface area contributed by atoms with Crippen LogP contribution >= 0.6 is 0 Å². The first-order valence-corrected chi connectivity index (χ1v) is 11.5. The summed E-state index contributed by atoms with van der Waals surface area (Å²) in [5.74, 6) is 0. The summed E-state index contributed by atoms with van der Waals surface area (Å²) in [6, 6.07) is 12.5. The third kappa shape index (κ3) is 6.03. The van der Waals surface area contributed by atoms with Crippen LogP contribution in [0.1, 0.15) is 51.0 Å². The van der Waals surface area contributed by atoms with Crippen molar-refractivity contribution in [3.8, 4) is 6.07 Å². The van der Waals surface area contributed by atoms with Crippen molar-refractivity contribution in [2.24, 2.45) is 0 Å². The van der Waals surface area contributed by atoms with Crippen LogP contribution in [-0.2, 0) is 10.0 Å². The minimum Gasteiger partial charge on any atom is -0.396 e. The van der Waals surface area contributed by atoms with Gasteiger partial charge in [0.25, 0.3) is 0 Å². The molecule has 0 aliphatic heterocycles. The van der Waals surface area contributed by atoms with Crippen LogP contribution in [-0.4, -0.2) is 8.32 Å². The fourth-order valence-corrected chi connectivity index (χ4v) is 3.92. The molecule has 1 aromatic carbocycles. The van der Waals surface area contributed by atoms with Gasteiger partial charge in [0.05, 0.1) is 0 Å². The Kier molecular flexibility index (Phi) is 7.14. The molecule has 0 amide bonds. The van der Waals surface area contributed by atoms with Gasteiger partial charge in [-0.2, -0.15) is 5.26 Å². The van der Waals surface area contributed by atoms with E-state index in [2.05, 4.69) is 32.6 Å². The van der Waals surface area contributed by atoms with Gasteiger partial charge in [0.15, 0.2) is 13.9 Å². The summed E-state index contributed by atoms with van der Waals surface area (Å²) >= 11 is 0. The zero-order chi connectivity index (χ0) is 15.8. The van der Waals surface area contributed by atoms with Gasteiger partial charge in [0.2, 0.25) is 0 Å². The zero-order valence-corrected chi connectivity index (χ0v) is 15.0. The Hall–Kier alpha value is -1.11. The topological polar surface area (TPSA) is 33.0 Å². The van der Waals surface area contributed by atoms with E-state index >= 15 is 0 Å². The maximum Gasteiger partial charge on any atom is 0.186 e. The fourth-order valence-electron chi connectivity index (χ4n) is 2.61. The summed E-state index contributed by atoms with van der Waals surface area (Å²) in [5.41, 5.74) is 0.239. The number of hydrogen-bond donors (Lipinski definition) is 0. The van der Waals surface area contributed by atoms with Crippen LogP contribution in [0.15, 0.2) is 30.3 Å². The highest BCUT2D eigenvalue weighted by Crippen LogP contribution is 2.34. The molecule has 0 fully saturated rings. The van der Waals surface area contributed by atoms with Crippen LogP contribution in [0.5, 0.6) is 0 Å². The van der Waals surface area contributed by atoms with E-state index in [9.17, 15) is 5.26 Å². The van der Waals surface area contributed by atoms with Crippen molar-refractivity contribution in [3.05, 3.63) is 35.9 Å². The van der Waals surface area contributed by atoms with Crippen LogP contribution in [0.3, 0.4) is 0 Å². The van der Waals surface area contributed by atoms with Crippen LogP contribution < -0.4 is 0 Å². The van der Waals surface area contributed by atoms with Crippen molar-refractivity contribution in [2.75, 3.05) is 0 Å². The fraction of sp³-hybridized carbons (Fsp3) is 0.611. The number of unbranched alkanes of at least 4 members (excludes halogenated alkanes) is 4. The Morgan fingerprint density at radius 1 is 1.05 bits per heavy atom. The van der Waals surface area contributed by atoms with E-state index in [0.29, 0.717) is 0 Å². The summed E-state index contributed by atoms with van der Waals surface area (Å²) in [7, 11) is -1.79. The van der Waals surface area contributed by atoms with Crippen LogP contribution in [0.25, 0.3) is 0 Å². The van der Waals surface area contributed by atoms with E-state index in [-0.39, 0.29) is 0 Å². The van der Waals surface area contributed by atoms with Gasteiger partial charge in [-0.3, -0.25) is 0 Å². The smallest absolute Gasteiger partial charge is 0.186 e. The molecule has 0 radical (unpaired) electrons. The van der Waals surface area contributed by atoms with Crippen LogP contribution in [0.4, 0.5) is 0 Å². The molecule has 0 heterocycles. The quantitative estimate of drug-likeness (QED) is 0.438. The van der Waals surface area contributed by atoms with E-state index in [1.54, 1.807) is 0 Å². The minimum atomic E-state index is -1.79. The average molecular weight is 304 g/mol. The first kappa shape index (κ1) is 17.9. The molecule has 0 aliphatic carbocycles. The number of nitriles is 1. The molecule has 21 heavy (non-hydrogen) atoms. The molecule has 0 aliphatic rings. The molecule has 0 saturated heterocycles. The maximum absolute atomic E-state index is 9.84. The second-order valence-electron chi connectivity index (χ2n) is 6.68. The average Bonchev–Trinajstić information content (AvgIpc) is 2.45. The highest BCUT2D eigenvalue weighted by atomic mass is 28.4. The Balaban J connectivity index is 2.86. The molecule has 0 bridgehead atoms. The molecule has 3 heteroatoms. The molecule has 0 saturated carbocycles. The zero-order valence-electron chi connectivity index (χ0n) is 14.0. The summed E-state index contributed by atoms with van der Waals surface area (Å²) in [4.78, 5) is 0. The van der Waals surface area contributed by atoms with Gasteiger partial charge in [0.1, 0.15) is 6.07 Å². The predicted octanol–water partition coefficient (Wildman–Crippen LogP) is 5.62. The highest BCUT2D eigenvalue weighted by molar-refractivity contribution is 6.69. The third-order valence-electron chi connectivity index (χ3n) is 3.53. The van der Waals surface area contributed by atoms with Crippen molar-refractivity contribution < 1.29 is 4.43 Å². The number of nitrogens with zero attached hydrogens (tertiary/aromatic N) is 1. The first-order chi connectivity index (χ1) is 9.93. The molecule has 0 aromatic heterocycles. The van der Waals surface area contributed by atoms with Crippen molar-refractivity contribution >= 4 is 8.32 Å². The lowest BCUT2D eigenvalue weighted by Crippen LogP contribution is -2.39. The van der Waals surface area contributed by atoms with Crippen LogP contribution in [0.2, 0.25) is 19.6 Å². The summed E-state index contributed by atoms with van der Waals surface area (Å²) in [5, 5.41) is 9.84. The van der Waals surface area contributed by atoms with Crippen LogP contribution in [0, 0.1) is 11.3 Å². The Labute approximate surface area is 131 Å². The third-order valence-corrected chi connectivity index (χ3v) is 4.49. The van der Waals surface area contributed by atoms with Gasteiger partial charge >= 0.3 is 0 Å². The lowest BCUT2D eigenvalue weighted by Gasteiger charge is -2.34. The lowest BCUT2D eigenvalue weighted by molar-refractivity contribution is 0.105. The second kappa shape index (κ2) is 8.36. The Morgan fingerprint density at radius 2 is 1.67 bits per heavy atom. The van der Waals surface area contributed by atoms with E-state index in [4.69, 9.17) is 4.43 Å². The lowest BCUT2D eigenvalue weighted by atomic mass is 9.89. The number of benzene rings is 1. The van der Waals surface area contributed by atoms with Gasteiger partial charge in [-0.1, -0.05) is 62.9 Å². The largest absolute Gasteiger partial charge is 0.396 e. The van der Waals surface area contributed by atoms with Gasteiger partial charge in [-0.25, -0.2) is 0 Å². The second-order valence-corrected chi connectivity index (χ2v) is 11.1. The van der Waals surface area contributed by atoms with Crippen molar-refractivity contribution in [1.29, 1.82) is 5.26 Å². The number of hydrogen-bond acceptors (Lipinski definition) is 2. The molecule has 116 valence electrons. The molecular weight excluding hydrogens is 274 g/mol. The predicted molar refractivity (Wildman–Crippen MR) is 91.5 cm³/mol. The van der Waals surface area contributed by atoms with E-state index in [1.807, 2.05) is 30.3 Å². The molecule has 1 aromatic rings. The van der Waals surface area contributed by atoms with Gasteiger partial charge in [0, 0.05) is 0 Å². The van der Waals surface area contributed by atoms with Gasteiger partial charge in [-0.05, 0) is 38.0 Å². The maximum atomic E-state index is 9.84. The van der Waals surface area contributed by atoms with Gasteiger partial charge in [-0.15, -0.1) is 0 Å². The molecule has 1 unspecified atom stereocenters. The molecule has 2 nitrogen and oxygen atoms in total. The Bertz CT molecular complexity index is 447. The summed E-state index contributed by atoms with van der Waals surface area (Å²) in [6.07, 6.45) is 6.79. The molecule has 0 N–H and O–H groups in total. The molecular formula is C18H29NOSi. The Morgan fingerprint density at radius 3 is 2.19 bits per heavy atom. The monoisotopic (exact) mass is 303 g/mol. The van der Waals surface area contributed by atoms with E-state index in [1.165, 1.54) is 25.7 Å². The molecule has 1 atom stereocenters. The summed E-state index contributed by atoms with van der Waals surface area (Å²) in [6.45, 7) is 8.68. The SMILES string of the molecule is CCCCCCCC(C#N)(O[Si](C)(C)C)c1ccccc1. The minimum absolute atomic E-state index is 0.766. The van der Waals surface area contributed by atoms with Crippen molar-refractivity contribution in [2.45, 2.75) is 70.7 Å². The molecule has 1 rings (SSSR count). The standard InChI is InChI=1S/C18H29NOSi/c1-5-6-7-8-12-15-18(16-19,20-21(2,3)4)17-13-10-9-11-14-17/h9-11,13-14H,5-8,12,15H2,1-4H3. The number of rotatable bonds is 9. The van der Waals surface area contributed by atoms with Crippen molar-refractivity contribution in [1.82, 2.24) is 0 Å². The normalized spacial score (nSPS) is 14.4. The van der Waals surface area contributed by atoms with Gasteiger partial charge < -0.3 is 4.43 Å².